The van der Waals surface area contributed by atoms with Gasteiger partial charge in [0.25, 0.3) is 17.3 Å². The molecule has 0 saturated carbocycles. The summed E-state index contributed by atoms with van der Waals surface area (Å²) in [6.45, 7) is 1.58. The smallest absolute Gasteiger partial charge is 0.277 e. The molecule has 1 fully saturated rings. The van der Waals surface area contributed by atoms with Gasteiger partial charge in [-0.2, -0.15) is 0 Å². The van der Waals surface area contributed by atoms with E-state index in [2.05, 4.69) is 20.5 Å². The van der Waals surface area contributed by atoms with Crippen LogP contribution in [0.5, 0.6) is 0 Å². The molecule has 1 N–H and O–H groups in total. The van der Waals surface area contributed by atoms with E-state index in [0.29, 0.717) is 37.8 Å². The highest BCUT2D eigenvalue weighted by atomic mass is 16.6. The van der Waals surface area contributed by atoms with E-state index in [9.17, 15) is 25.0 Å². The van der Waals surface area contributed by atoms with Crippen LogP contribution in [0, 0.1) is 20.2 Å². The first-order valence-electron chi connectivity index (χ1n) is 9.89. The zero-order valence-electron chi connectivity index (χ0n) is 17.2. The number of non-ortho nitro benzene ring substituents is 2. The molecule has 33 heavy (non-hydrogen) atoms. The topological polar surface area (TPSA) is 161 Å². The van der Waals surface area contributed by atoms with Gasteiger partial charge in [0.2, 0.25) is 0 Å². The Kier molecular flexibility index (Phi) is 6.02. The molecule has 1 aliphatic heterocycles. The fraction of sp³-hybridized carbons (Fsp3) is 0.200. The van der Waals surface area contributed by atoms with Gasteiger partial charge in [-0.25, -0.2) is 0 Å². The molecule has 4 rings (SSSR count). The number of carbonyl (C=O) groups is 1. The summed E-state index contributed by atoms with van der Waals surface area (Å²) in [7, 11) is 0. The third kappa shape index (κ3) is 4.98. The maximum Gasteiger partial charge on any atom is 0.277 e. The molecule has 13 nitrogen and oxygen atoms in total. The largest absolute Gasteiger partial charge is 0.352 e. The van der Waals surface area contributed by atoms with Gasteiger partial charge < -0.3 is 15.1 Å². The van der Waals surface area contributed by atoms with E-state index in [1.807, 2.05) is 17.0 Å². The fourth-order valence-corrected chi connectivity index (χ4v) is 3.40. The summed E-state index contributed by atoms with van der Waals surface area (Å²) in [5.74, 6) is 0.709. The first-order chi connectivity index (χ1) is 15.9. The van der Waals surface area contributed by atoms with Crippen molar-refractivity contribution in [2.45, 2.75) is 0 Å². The molecular formula is C20H18N8O5. The Hall–Kier alpha value is -4.68. The lowest BCUT2D eigenvalue weighted by atomic mass is 10.1. The molecular weight excluding hydrogens is 432 g/mol. The number of pyridine rings is 1. The van der Waals surface area contributed by atoms with E-state index in [-0.39, 0.29) is 5.56 Å². The molecule has 0 unspecified atom stereocenters. The van der Waals surface area contributed by atoms with Gasteiger partial charge in [0.1, 0.15) is 0 Å². The monoisotopic (exact) mass is 450 g/mol. The summed E-state index contributed by atoms with van der Waals surface area (Å²) in [6.07, 6.45) is 3.34. The van der Waals surface area contributed by atoms with Crippen molar-refractivity contribution in [3.8, 4) is 0 Å². The van der Waals surface area contributed by atoms with Crippen LogP contribution in [-0.4, -0.2) is 62.0 Å². The molecule has 13 heteroatoms. The van der Waals surface area contributed by atoms with Crippen LogP contribution in [0.1, 0.15) is 10.4 Å². The normalized spacial score (nSPS) is 13.5. The van der Waals surface area contributed by atoms with Crippen LogP contribution < -0.4 is 10.2 Å². The van der Waals surface area contributed by atoms with E-state index in [4.69, 9.17) is 0 Å². The molecule has 0 atom stereocenters. The highest BCUT2D eigenvalue weighted by Crippen LogP contribution is 2.24. The predicted molar refractivity (Wildman–Crippen MR) is 117 cm³/mol. The average molecular weight is 450 g/mol. The van der Waals surface area contributed by atoms with Crippen molar-refractivity contribution in [2.75, 3.05) is 36.4 Å². The lowest BCUT2D eigenvalue weighted by Gasteiger charge is -2.35. The summed E-state index contributed by atoms with van der Waals surface area (Å²) in [5, 5.41) is 33.7. The molecule has 0 spiro atoms. The minimum absolute atomic E-state index is 0.0880. The number of carbonyl (C=O) groups excluding carboxylic acids is 1. The lowest BCUT2D eigenvalue weighted by molar-refractivity contribution is -0.394. The van der Waals surface area contributed by atoms with Crippen molar-refractivity contribution >= 4 is 34.6 Å². The van der Waals surface area contributed by atoms with Crippen LogP contribution in [0.3, 0.4) is 0 Å². The second kappa shape index (κ2) is 9.21. The molecule has 1 amide bonds. The minimum atomic E-state index is -0.757. The number of nitro groups is 2. The van der Waals surface area contributed by atoms with Crippen molar-refractivity contribution < 1.29 is 14.6 Å². The Labute approximate surface area is 187 Å². The first-order valence-corrected chi connectivity index (χ1v) is 9.89. The molecule has 0 aliphatic carbocycles. The molecule has 1 aromatic carbocycles. The van der Waals surface area contributed by atoms with Crippen LogP contribution >= 0.6 is 0 Å². The number of nitro benzene ring substituents is 2. The Morgan fingerprint density at radius 3 is 2.18 bits per heavy atom. The number of nitrogens with zero attached hydrogens (tertiary/aromatic N) is 7. The molecule has 2 aromatic heterocycles. The van der Waals surface area contributed by atoms with Crippen molar-refractivity contribution in [3.63, 3.8) is 0 Å². The summed E-state index contributed by atoms with van der Waals surface area (Å²) in [4.78, 5) is 41.0. The van der Waals surface area contributed by atoms with E-state index in [1.165, 1.54) is 4.90 Å². The minimum Gasteiger partial charge on any atom is -0.352 e. The Morgan fingerprint density at radius 1 is 0.939 bits per heavy atom. The third-order valence-corrected chi connectivity index (χ3v) is 5.05. The predicted octanol–water partition coefficient (Wildman–Crippen LogP) is 2.39. The van der Waals surface area contributed by atoms with Crippen LogP contribution in [0.15, 0.2) is 54.9 Å². The van der Waals surface area contributed by atoms with Gasteiger partial charge in [0.15, 0.2) is 11.6 Å². The number of aromatic nitrogens is 3. The SMILES string of the molecule is O=C(c1cc([N+](=O)[O-])cc([N+](=O)[O-])c1)N1CCN(c2ccc(Nc3cccnc3)nn2)CC1. The summed E-state index contributed by atoms with van der Waals surface area (Å²) in [6, 6.07) is 10.2. The quantitative estimate of drug-likeness (QED) is 0.436. The zero-order valence-corrected chi connectivity index (χ0v) is 17.2. The van der Waals surface area contributed by atoms with Gasteiger partial charge in [-0.15, -0.1) is 10.2 Å². The number of amides is 1. The number of anilines is 3. The van der Waals surface area contributed by atoms with Gasteiger partial charge in [0, 0.05) is 44.5 Å². The maximum atomic E-state index is 12.8. The zero-order chi connectivity index (χ0) is 23.4. The number of hydrogen-bond donors (Lipinski definition) is 1. The summed E-state index contributed by atoms with van der Waals surface area (Å²) < 4.78 is 0. The van der Waals surface area contributed by atoms with Crippen molar-refractivity contribution in [2.24, 2.45) is 0 Å². The number of benzene rings is 1. The highest BCUT2D eigenvalue weighted by molar-refractivity contribution is 5.95. The Balaban J connectivity index is 1.40. The Morgan fingerprint density at radius 2 is 1.64 bits per heavy atom. The number of hydrogen-bond acceptors (Lipinski definition) is 10. The highest BCUT2D eigenvalue weighted by Gasteiger charge is 2.26. The lowest BCUT2D eigenvalue weighted by Crippen LogP contribution is -2.49. The van der Waals surface area contributed by atoms with E-state index < -0.39 is 27.1 Å². The molecule has 0 bridgehead atoms. The van der Waals surface area contributed by atoms with E-state index >= 15 is 0 Å². The molecule has 1 saturated heterocycles. The van der Waals surface area contributed by atoms with Crippen LogP contribution in [-0.2, 0) is 0 Å². The maximum absolute atomic E-state index is 12.8. The van der Waals surface area contributed by atoms with Crippen molar-refractivity contribution in [1.29, 1.82) is 0 Å². The average Bonchev–Trinajstić information content (AvgIpc) is 2.84. The van der Waals surface area contributed by atoms with Crippen LogP contribution in [0.2, 0.25) is 0 Å². The van der Waals surface area contributed by atoms with Crippen LogP contribution in [0.25, 0.3) is 0 Å². The molecule has 1 aliphatic rings. The first kappa shape index (κ1) is 21.5. The Bertz CT molecular complexity index is 1150. The molecule has 168 valence electrons. The van der Waals surface area contributed by atoms with Gasteiger partial charge in [-0.1, -0.05) is 0 Å². The number of piperazine rings is 1. The summed E-state index contributed by atoms with van der Waals surface area (Å²) >= 11 is 0. The fourth-order valence-electron chi connectivity index (χ4n) is 3.40. The van der Waals surface area contributed by atoms with E-state index in [1.54, 1.807) is 24.5 Å². The second-order valence-electron chi connectivity index (χ2n) is 7.18. The summed E-state index contributed by atoms with van der Waals surface area (Å²) in [5.41, 5.74) is -0.300. The second-order valence-corrected chi connectivity index (χ2v) is 7.18. The number of nitrogens with one attached hydrogen (secondary N) is 1. The molecule has 3 aromatic rings. The number of rotatable bonds is 6. The van der Waals surface area contributed by atoms with Crippen LogP contribution in [0.4, 0.5) is 28.7 Å². The molecule has 3 heterocycles. The van der Waals surface area contributed by atoms with Gasteiger partial charge in [-0.3, -0.25) is 30.0 Å². The molecule has 0 radical (unpaired) electrons. The van der Waals surface area contributed by atoms with E-state index in [0.717, 1.165) is 23.9 Å². The van der Waals surface area contributed by atoms with Gasteiger partial charge in [-0.05, 0) is 24.3 Å². The van der Waals surface area contributed by atoms with Gasteiger partial charge in [0.05, 0.1) is 33.4 Å². The van der Waals surface area contributed by atoms with Crippen molar-refractivity contribution in [1.82, 2.24) is 20.1 Å². The van der Waals surface area contributed by atoms with Crippen molar-refractivity contribution in [3.05, 3.63) is 80.7 Å². The third-order valence-electron chi connectivity index (χ3n) is 5.05. The van der Waals surface area contributed by atoms with Gasteiger partial charge >= 0.3 is 0 Å². The standard InChI is InChI=1S/C20H18N8O5/c29-20(14-10-16(27(30)31)12-17(11-14)28(32)33)26-8-6-25(7-9-26)19-4-3-18(23-24-19)22-15-2-1-5-21-13-15/h1-5,10-13H,6-9H2,(H,22,23).